The van der Waals surface area contributed by atoms with Crippen molar-refractivity contribution in [2.45, 2.75) is 38.3 Å². The van der Waals surface area contributed by atoms with Crippen LogP contribution in [0.2, 0.25) is 0 Å². The minimum atomic E-state index is -0.338. The highest BCUT2D eigenvalue weighted by atomic mass is 79.9. The second-order valence-corrected chi connectivity index (χ2v) is 5.69. The molecule has 1 fully saturated rings. The molecular formula is C14H19BrN2O. The van der Waals surface area contributed by atoms with E-state index in [0.29, 0.717) is 6.54 Å². The number of nitrogens with one attached hydrogen (secondary N) is 2. The first-order chi connectivity index (χ1) is 8.66. The van der Waals surface area contributed by atoms with E-state index in [1.54, 1.807) is 0 Å². The summed E-state index contributed by atoms with van der Waals surface area (Å²) >= 11 is 3.40. The molecule has 2 rings (SSSR count). The number of hydrogen-bond donors (Lipinski definition) is 2. The van der Waals surface area contributed by atoms with Crippen molar-refractivity contribution in [2.24, 2.45) is 0 Å². The van der Waals surface area contributed by atoms with Crippen LogP contribution in [0, 0.1) is 0 Å². The minimum Gasteiger partial charge on any atom is -0.350 e. The molecule has 1 aromatic rings. The molecule has 0 spiro atoms. The van der Waals surface area contributed by atoms with Crippen LogP contribution in [0.1, 0.15) is 31.7 Å². The molecule has 0 bridgehead atoms. The van der Waals surface area contributed by atoms with E-state index in [1.807, 2.05) is 24.3 Å². The Morgan fingerprint density at radius 1 is 1.44 bits per heavy atom. The number of benzene rings is 1. The third-order valence-corrected chi connectivity index (χ3v) is 4.18. The number of halogens is 1. The Kier molecular flexibility index (Phi) is 4.40. The average molecular weight is 311 g/mol. The van der Waals surface area contributed by atoms with E-state index >= 15 is 0 Å². The fourth-order valence-corrected chi connectivity index (χ4v) is 2.68. The van der Waals surface area contributed by atoms with Gasteiger partial charge in [0, 0.05) is 11.0 Å². The summed E-state index contributed by atoms with van der Waals surface area (Å²) in [7, 11) is 0. The minimum absolute atomic E-state index is 0.130. The Hall–Kier alpha value is -0.870. The maximum absolute atomic E-state index is 12.3. The molecule has 0 aromatic heterocycles. The molecule has 98 valence electrons. The smallest absolute Gasteiger partial charge is 0.240 e. The Morgan fingerprint density at radius 3 is 2.72 bits per heavy atom. The van der Waals surface area contributed by atoms with Crippen molar-refractivity contribution < 1.29 is 4.79 Å². The lowest BCUT2D eigenvalue weighted by molar-refractivity contribution is -0.127. The van der Waals surface area contributed by atoms with Gasteiger partial charge in [-0.2, -0.15) is 0 Å². The van der Waals surface area contributed by atoms with Crippen LogP contribution >= 0.6 is 15.9 Å². The monoisotopic (exact) mass is 310 g/mol. The largest absolute Gasteiger partial charge is 0.350 e. The van der Waals surface area contributed by atoms with E-state index in [0.717, 1.165) is 35.8 Å². The van der Waals surface area contributed by atoms with Gasteiger partial charge in [-0.15, -0.1) is 0 Å². The molecule has 0 radical (unpaired) electrons. The summed E-state index contributed by atoms with van der Waals surface area (Å²) in [6.45, 7) is 3.60. The molecule has 4 heteroatoms. The number of rotatable bonds is 4. The van der Waals surface area contributed by atoms with Crippen LogP contribution in [0.4, 0.5) is 0 Å². The van der Waals surface area contributed by atoms with Gasteiger partial charge >= 0.3 is 0 Å². The van der Waals surface area contributed by atoms with E-state index < -0.39 is 0 Å². The zero-order chi connectivity index (χ0) is 13.0. The van der Waals surface area contributed by atoms with Crippen LogP contribution in [0.25, 0.3) is 0 Å². The van der Waals surface area contributed by atoms with Gasteiger partial charge in [0.15, 0.2) is 0 Å². The second-order valence-electron chi connectivity index (χ2n) is 4.78. The molecule has 1 unspecified atom stereocenters. The number of carbonyl (C=O) groups excluding carboxylic acids is 1. The predicted octanol–water partition coefficient (Wildman–Crippen LogP) is 2.60. The van der Waals surface area contributed by atoms with Crippen molar-refractivity contribution in [1.29, 1.82) is 0 Å². The lowest BCUT2D eigenvalue weighted by Crippen LogP contribution is -2.52. The van der Waals surface area contributed by atoms with E-state index in [2.05, 4.69) is 33.5 Å². The maximum atomic E-state index is 12.3. The molecule has 0 saturated carbocycles. The summed E-state index contributed by atoms with van der Waals surface area (Å²) in [6.07, 6.45) is 2.87. The molecule has 0 aliphatic carbocycles. The van der Waals surface area contributed by atoms with Gasteiger partial charge in [0.25, 0.3) is 0 Å². The summed E-state index contributed by atoms with van der Waals surface area (Å²) in [5.74, 6) is 0.130. The average Bonchev–Trinajstić information content (AvgIpc) is 2.88. The van der Waals surface area contributed by atoms with E-state index in [-0.39, 0.29) is 11.4 Å². The molecular weight excluding hydrogens is 292 g/mol. The summed E-state index contributed by atoms with van der Waals surface area (Å²) < 4.78 is 1.06. The highest BCUT2D eigenvalue weighted by Gasteiger charge is 2.38. The van der Waals surface area contributed by atoms with Gasteiger partial charge in [0.05, 0.1) is 5.54 Å². The lowest BCUT2D eigenvalue weighted by atomic mass is 9.93. The summed E-state index contributed by atoms with van der Waals surface area (Å²) in [4.78, 5) is 12.3. The topological polar surface area (TPSA) is 41.1 Å². The molecule has 2 N–H and O–H groups in total. The fourth-order valence-electron chi connectivity index (χ4n) is 2.42. The van der Waals surface area contributed by atoms with Crippen molar-refractivity contribution in [3.63, 3.8) is 0 Å². The van der Waals surface area contributed by atoms with Crippen molar-refractivity contribution in [1.82, 2.24) is 10.6 Å². The fraction of sp³-hybridized carbons (Fsp3) is 0.500. The predicted molar refractivity (Wildman–Crippen MR) is 76.2 cm³/mol. The second kappa shape index (κ2) is 5.85. The van der Waals surface area contributed by atoms with Crippen molar-refractivity contribution in [3.8, 4) is 0 Å². The van der Waals surface area contributed by atoms with E-state index in [9.17, 15) is 4.79 Å². The summed E-state index contributed by atoms with van der Waals surface area (Å²) in [5.41, 5.74) is 0.783. The van der Waals surface area contributed by atoms with Gasteiger partial charge in [-0.3, -0.25) is 4.79 Å². The first-order valence-electron chi connectivity index (χ1n) is 6.44. The zero-order valence-electron chi connectivity index (χ0n) is 10.6. The molecule has 1 heterocycles. The van der Waals surface area contributed by atoms with Gasteiger partial charge in [0.2, 0.25) is 5.91 Å². The number of carbonyl (C=O) groups is 1. The molecule has 1 atom stereocenters. The summed E-state index contributed by atoms with van der Waals surface area (Å²) in [5, 5.41) is 6.38. The van der Waals surface area contributed by atoms with Gasteiger partial charge in [-0.25, -0.2) is 0 Å². The SMILES string of the molecule is CCC1(C(=O)NCc2ccc(Br)cc2)CCCN1. The molecule has 1 amide bonds. The van der Waals surface area contributed by atoms with Gasteiger partial charge in [-0.1, -0.05) is 35.0 Å². The van der Waals surface area contributed by atoms with E-state index in [4.69, 9.17) is 0 Å². The van der Waals surface area contributed by atoms with Gasteiger partial charge < -0.3 is 10.6 Å². The first-order valence-corrected chi connectivity index (χ1v) is 7.23. The Morgan fingerprint density at radius 2 is 2.17 bits per heavy atom. The highest BCUT2D eigenvalue weighted by Crippen LogP contribution is 2.23. The van der Waals surface area contributed by atoms with Crippen LogP contribution in [-0.4, -0.2) is 18.0 Å². The molecule has 1 aliphatic heterocycles. The standard InChI is InChI=1S/C14H19BrN2O/c1-2-14(8-3-9-17-14)13(18)16-10-11-4-6-12(15)7-5-11/h4-7,17H,2-3,8-10H2,1H3,(H,16,18). The third kappa shape index (κ3) is 2.93. The Labute approximate surface area is 116 Å². The molecule has 1 aliphatic rings. The Balaban J connectivity index is 1.93. The molecule has 1 saturated heterocycles. The van der Waals surface area contributed by atoms with Gasteiger partial charge in [0.1, 0.15) is 0 Å². The molecule has 1 aromatic carbocycles. The van der Waals surface area contributed by atoms with Crippen LogP contribution in [0.15, 0.2) is 28.7 Å². The van der Waals surface area contributed by atoms with E-state index in [1.165, 1.54) is 0 Å². The van der Waals surface area contributed by atoms with Crippen LogP contribution < -0.4 is 10.6 Å². The van der Waals surface area contributed by atoms with Crippen molar-refractivity contribution in [2.75, 3.05) is 6.54 Å². The van der Waals surface area contributed by atoms with Crippen LogP contribution in [0.5, 0.6) is 0 Å². The number of hydrogen-bond acceptors (Lipinski definition) is 2. The maximum Gasteiger partial charge on any atom is 0.240 e. The normalized spacial score (nSPS) is 23.0. The highest BCUT2D eigenvalue weighted by molar-refractivity contribution is 9.10. The summed E-state index contributed by atoms with van der Waals surface area (Å²) in [6, 6.07) is 8.02. The van der Waals surface area contributed by atoms with Crippen molar-refractivity contribution >= 4 is 21.8 Å². The zero-order valence-corrected chi connectivity index (χ0v) is 12.2. The lowest BCUT2D eigenvalue weighted by Gasteiger charge is -2.26. The quantitative estimate of drug-likeness (QED) is 0.897. The first kappa shape index (κ1) is 13.6. The molecule has 18 heavy (non-hydrogen) atoms. The third-order valence-electron chi connectivity index (χ3n) is 3.65. The molecule has 3 nitrogen and oxygen atoms in total. The van der Waals surface area contributed by atoms with Gasteiger partial charge in [-0.05, 0) is 43.5 Å². The Bertz CT molecular complexity index is 410. The number of amides is 1. The van der Waals surface area contributed by atoms with Crippen LogP contribution in [-0.2, 0) is 11.3 Å². The van der Waals surface area contributed by atoms with Crippen molar-refractivity contribution in [3.05, 3.63) is 34.3 Å². The van der Waals surface area contributed by atoms with Crippen LogP contribution in [0.3, 0.4) is 0 Å².